The van der Waals surface area contributed by atoms with E-state index in [1.54, 1.807) is 43.5 Å². The normalized spacial score (nSPS) is 9.80. The molecule has 0 radical (unpaired) electrons. The summed E-state index contributed by atoms with van der Waals surface area (Å²) in [6.07, 6.45) is 4.20. The van der Waals surface area contributed by atoms with Crippen molar-refractivity contribution in [1.29, 1.82) is 0 Å². The van der Waals surface area contributed by atoms with Crippen LogP contribution in [0.1, 0.15) is 17.1 Å². The van der Waals surface area contributed by atoms with Crippen molar-refractivity contribution >= 4 is 45.6 Å². The lowest BCUT2D eigenvalue weighted by atomic mass is 9.81. The highest BCUT2D eigenvalue weighted by Crippen LogP contribution is 2.26. The number of hydrogen-bond acceptors (Lipinski definition) is 10. The van der Waals surface area contributed by atoms with Gasteiger partial charge in [0.15, 0.2) is 0 Å². The number of nitro groups is 2. The molecule has 6 rings (SSSR count). The van der Waals surface area contributed by atoms with Gasteiger partial charge in [-0.3, -0.25) is 35.2 Å². The zero-order valence-corrected chi connectivity index (χ0v) is 29.0. The maximum atomic E-state index is 10.7. The summed E-state index contributed by atoms with van der Waals surface area (Å²) in [4.78, 5) is 32.0. The molecule has 0 spiro atoms. The van der Waals surface area contributed by atoms with Gasteiger partial charge in [0.05, 0.1) is 27.4 Å². The van der Waals surface area contributed by atoms with Crippen molar-refractivity contribution in [3.8, 4) is 22.3 Å². The van der Waals surface area contributed by atoms with Crippen LogP contribution < -0.4 is 11.2 Å². The molecule has 0 atom stereocenters. The minimum atomic E-state index is -1.34. The van der Waals surface area contributed by atoms with Crippen molar-refractivity contribution in [2.45, 2.75) is 20.8 Å². The topological polar surface area (TPSA) is 191 Å². The molecule has 0 aliphatic rings. The van der Waals surface area contributed by atoms with Gasteiger partial charge in [0.1, 0.15) is 12.4 Å². The summed E-state index contributed by atoms with van der Waals surface area (Å²) in [6, 6.07) is 33.3. The Morgan fingerprint density at radius 1 is 0.620 bits per heavy atom. The number of pyridine rings is 3. The summed E-state index contributed by atoms with van der Waals surface area (Å²) in [5.41, 5.74) is 13.5. The zero-order valence-electron chi connectivity index (χ0n) is 27.4. The minimum absolute atomic E-state index is 0.00229. The minimum Gasteiger partial charge on any atom is -0.423 e. The smallest absolute Gasteiger partial charge is 0.423 e. The second-order valence-electron chi connectivity index (χ2n) is 10.5. The number of nitrogen functional groups attached to an aromatic ring is 1. The van der Waals surface area contributed by atoms with E-state index >= 15 is 0 Å². The summed E-state index contributed by atoms with van der Waals surface area (Å²) in [6.45, 7) is 5.60. The third-order valence-corrected chi connectivity index (χ3v) is 7.68. The van der Waals surface area contributed by atoms with E-state index in [1.807, 2.05) is 74.5 Å². The first-order chi connectivity index (χ1) is 23.9. The molecular formula is C36H34BBrN6O6. The molecule has 0 unspecified atom stereocenters. The lowest BCUT2D eigenvalue weighted by Gasteiger charge is -2.05. The van der Waals surface area contributed by atoms with Crippen molar-refractivity contribution < 1.29 is 19.9 Å². The van der Waals surface area contributed by atoms with Gasteiger partial charge < -0.3 is 15.8 Å². The molecule has 0 saturated heterocycles. The van der Waals surface area contributed by atoms with E-state index in [0.717, 1.165) is 39.3 Å². The van der Waals surface area contributed by atoms with Crippen LogP contribution in [0.2, 0.25) is 0 Å². The zero-order chi connectivity index (χ0) is 36.6. The monoisotopic (exact) mass is 736 g/mol. The SMILES string of the molecule is Cc1ncc(N)cc1-c1ccccc1.Cc1ncc([N+](=O)[O-])cc1-c1ccccc1.Cc1ncc([N+](=O)[O-])cc1Br.OB(O)c1ccccc1. The molecule has 0 saturated carbocycles. The van der Waals surface area contributed by atoms with Crippen molar-refractivity contribution in [2.24, 2.45) is 0 Å². The van der Waals surface area contributed by atoms with Crippen LogP contribution in [0.15, 0.2) is 132 Å². The molecule has 0 amide bonds. The number of benzene rings is 3. The number of nitrogens with two attached hydrogens (primary N) is 1. The molecule has 3 heterocycles. The Balaban J connectivity index is 0.000000184. The van der Waals surface area contributed by atoms with E-state index < -0.39 is 17.0 Å². The molecule has 0 aliphatic carbocycles. The van der Waals surface area contributed by atoms with Crippen LogP contribution in [0.25, 0.3) is 22.3 Å². The van der Waals surface area contributed by atoms with Gasteiger partial charge in [0, 0.05) is 39.1 Å². The van der Waals surface area contributed by atoms with Crippen molar-refractivity contribution in [1.82, 2.24) is 15.0 Å². The number of halogens is 1. The maximum Gasteiger partial charge on any atom is 0.488 e. The number of nitrogens with zero attached hydrogens (tertiary/aromatic N) is 5. The Bertz CT molecular complexity index is 2010. The van der Waals surface area contributed by atoms with Gasteiger partial charge in [0.2, 0.25) is 0 Å². The summed E-state index contributed by atoms with van der Waals surface area (Å²) in [7, 11) is -1.34. The van der Waals surface area contributed by atoms with Crippen LogP contribution in [0, 0.1) is 41.0 Å². The van der Waals surface area contributed by atoms with Gasteiger partial charge in [-0.1, -0.05) is 91.0 Å². The van der Waals surface area contributed by atoms with Crippen LogP contribution in [-0.4, -0.2) is 42.0 Å². The summed E-state index contributed by atoms with van der Waals surface area (Å²) in [5, 5.41) is 38.0. The van der Waals surface area contributed by atoms with E-state index in [0.29, 0.717) is 15.6 Å². The molecule has 4 N–H and O–H groups in total. The Morgan fingerprint density at radius 2 is 1.02 bits per heavy atom. The Morgan fingerprint density at radius 3 is 1.44 bits per heavy atom. The predicted molar refractivity (Wildman–Crippen MR) is 199 cm³/mol. The fourth-order valence-corrected chi connectivity index (χ4v) is 4.55. The molecule has 6 aromatic rings. The van der Waals surface area contributed by atoms with Gasteiger partial charge >= 0.3 is 7.12 Å². The van der Waals surface area contributed by atoms with Crippen LogP contribution in [0.5, 0.6) is 0 Å². The largest absolute Gasteiger partial charge is 0.488 e. The van der Waals surface area contributed by atoms with E-state index in [1.165, 1.54) is 18.5 Å². The first-order valence-corrected chi connectivity index (χ1v) is 15.8. The molecule has 3 aromatic heterocycles. The van der Waals surface area contributed by atoms with E-state index in [4.69, 9.17) is 15.8 Å². The van der Waals surface area contributed by atoms with Crippen LogP contribution in [-0.2, 0) is 0 Å². The fraction of sp³-hybridized carbons (Fsp3) is 0.0833. The lowest BCUT2D eigenvalue weighted by Crippen LogP contribution is -2.29. The van der Waals surface area contributed by atoms with Gasteiger partial charge in [-0.2, -0.15) is 0 Å². The Hall–Kier alpha value is -5.83. The highest BCUT2D eigenvalue weighted by atomic mass is 79.9. The van der Waals surface area contributed by atoms with Gasteiger partial charge in [-0.25, -0.2) is 0 Å². The standard InChI is InChI=1S/C12H10N2O2.C12H12N2.C6H7BO2.C6H5BrN2O2/c1-9-12(10-5-3-2-4-6-10)7-11(8-13-9)14(15)16;1-9-12(7-11(13)8-14-9)10-5-3-2-4-6-10;8-7(9)6-4-2-1-3-5-6;1-4-6(7)2-5(3-8-4)9(10)11/h2-8H,1H3;2-8H,13H2,1H3;1-5,8-9H;2-3H,1H3. The molecular weight excluding hydrogens is 703 g/mol. The second kappa shape index (κ2) is 19.2. The second-order valence-corrected chi connectivity index (χ2v) is 11.4. The fourth-order valence-electron chi connectivity index (χ4n) is 4.21. The van der Waals surface area contributed by atoms with E-state index in [2.05, 4.69) is 43.0 Å². The number of hydrogen-bond donors (Lipinski definition) is 3. The number of aryl methyl sites for hydroxylation is 3. The number of anilines is 1. The first-order valence-electron chi connectivity index (χ1n) is 15.0. The third kappa shape index (κ3) is 12.0. The molecule has 50 heavy (non-hydrogen) atoms. The molecule has 0 aliphatic heterocycles. The molecule has 3 aromatic carbocycles. The van der Waals surface area contributed by atoms with Gasteiger partial charge in [0.25, 0.3) is 11.4 Å². The van der Waals surface area contributed by atoms with E-state index in [9.17, 15) is 20.2 Å². The number of aromatic nitrogens is 3. The van der Waals surface area contributed by atoms with Gasteiger partial charge in [-0.05, 0) is 59.4 Å². The Labute approximate surface area is 297 Å². The first kappa shape index (κ1) is 38.6. The van der Waals surface area contributed by atoms with Crippen molar-refractivity contribution in [3.63, 3.8) is 0 Å². The highest BCUT2D eigenvalue weighted by molar-refractivity contribution is 9.10. The van der Waals surface area contributed by atoms with Crippen molar-refractivity contribution in [3.05, 3.63) is 170 Å². The number of rotatable bonds is 5. The quantitative estimate of drug-likeness (QED) is 0.0940. The third-order valence-electron chi connectivity index (χ3n) is 6.88. The molecule has 0 fully saturated rings. The predicted octanol–water partition coefficient (Wildman–Crippen LogP) is 7.03. The summed E-state index contributed by atoms with van der Waals surface area (Å²) in [5.74, 6) is 0. The Kier molecular flexibility index (Phi) is 14.9. The average Bonchev–Trinajstić information content (AvgIpc) is 3.12. The van der Waals surface area contributed by atoms with Crippen molar-refractivity contribution in [2.75, 3.05) is 5.73 Å². The lowest BCUT2D eigenvalue weighted by molar-refractivity contribution is -0.385. The molecule has 12 nitrogen and oxygen atoms in total. The molecule has 14 heteroatoms. The summed E-state index contributed by atoms with van der Waals surface area (Å²) >= 11 is 3.15. The van der Waals surface area contributed by atoms with Crippen LogP contribution >= 0.6 is 15.9 Å². The maximum absolute atomic E-state index is 10.7. The molecule has 254 valence electrons. The summed E-state index contributed by atoms with van der Waals surface area (Å²) < 4.78 is 0.659. The molecule has 0 bridgehead atoms. The highest BCUT2D eigenvalue weighted by Gasteiger charge is 2.11. The van der Waals surface area contributed by atoms with Crippen LogP contribution in [0.4, 0.5) is 17.1 Å². The average molecular weight is 737 g/mol. The van der Waals surface area contributed by atoms with E-state index in [-0.39, 0.29) is 11.4 Å². The van der Waals surface area contributed by atoms with Crippen LogP contribution in [0.3, 0.4) is 0 Å². The van der Waals surface area contributed by atoms with Gasteiger partial charge in [-0.15, -0.1) is 0 Å².